The van der Waals surface area contributed by atoms with E-state index in [2.05, 4.69) is 16.7 Å². The van der Waals surface area contributed by atoms with Crippen molar-refractivity contribution in [3.05, 3.63) is 76.7 Å². The maximum Gasteiger partial charge on any atom is 0.253 e. The van der Waals surface area contributed by atoms with E-state index in [0.29, 0.717) is 28.0 Å². The fraction of sp³-hybridized carbons (Fsp3) is 0.150. The molecule has 2 N–H and O–H groups in total. The van der Waals surface area contributed by atoms with E-state index in [0.717, 1.165) is 0 Å². The number of nitrogens with zero attached hydrogens (tertiary/aromatic N) is 1. The lowest BCUT2D eigenvalue weighted by molar-refractivity contribution is -0.121. The van der Waals surface area contributed by atoms with Gasteiger partial charge in [0.1, 0.15) is 5.82 Å². The molecule has 0 aliphatic carbocycles. The van der Waals surface area contributed by atoms with Crippen molar-refractivity contribution in [2.75, 3.05) is 5.32 Å². The Balaban J connectivity index is 1.90. The van der Waals surface area contributed by atoms with Crippen molar-refractivity contribution in [1.82, 2.24) is 5.32 Å². The number of nitrogens with one attached hydrogen (secondary N) is 2. The number of amides is 2. The Hall–Kier alpha value is -3.46. The van der Waals surface area contributed by atoms with E-state index in [-0.39, 0.29) is 24.1 Å². The minimum Gasteiger partial charge on any atom is -0.332 e. The molecule has 2 aromatic rings. The molecular weight excluding hydrogens is 333 g/mol. The molecule has 0 bridgehead atoms. The highest BCUT2D eigenvalue weighted by Gasteiger charge is 2.29. The number of carbonyl (C=O) groups excluding carboxylic acids is 2. The van der Waals surface area contributed by atoms with Crippen LogP contribution in [0.3, 0.4) is 0 Å². The first-order valence-corrected chi connectivity index (χ1v) is 8.05. The fourth-order valence-electron chi connectivity index (χ4n) is 2.92. The van der Waals surface area contributed by atoms with Crippen LogP contribution in [0.5, 0.6) is 0 Å². The van der Waals surface area contributed by atoms with Crippen molar-refractivity contribution in [1.29, 1.82) is 5.26 Å². The van der Waals surface area contributed by atoms with Gasteiger partial charge in [-0.15, -0.1) is 0 Å². The molecule has 0 fully saturated rings. The zero-order valence-electron chi connectivity index (χ0n) is 14.0. The molecule has 5 nitrogen and oxygen atoms in total. The molecule has 3 rings (SSSR count). The lowest BCUT2D eigenvalue weighted by Gasteiger charge is -2.24. The maximum atomic E-state index is 13.2. The van der Waals surface area contributed by atoms with Crippen LogP contribution in [0, 0.1) is 24.1 Å². The van der Waals surface area contributed by atoms with Gasteiger partial charge in [-0.2, -0.15) is 5.26 Å². The first-order valence-electron chi connectivity index (χ1n) is 8.05. The van der Waals surface area contributed by atoms with E-state index in [1.165, 1.54) is 18.3 Å². The third kappa shape index (κ3) is 3.47. The molecule has 1 atom stereocenters. The number of carbonyl (C=O) groups is 2. The smallest absolute Gasteiger partial charge is 0.253 e. The van der Waals surface area contributed by atoms with E-state index in [4.69, 9.17) is 5.26 Å². The van der Waals surface area contributed by atoms with Crippen LogP contribution in [0.1, 0.15) is 29.0 Å². The van der Waals surface area contributed by atoms with Crippen molar-refractivity contribution < 1.29 is 14.0 Å². The summed E-state index contributed by atoms with van der Waals surface area (Å²) in [6.45, 7) is 1.75. The van der Waals surface area contributed by atoms with Crippen molar-refractivity contribution in [2.45, 2.75) is 19.3 Å². The Labute approximate surface area is 150 Å². The molecule has 130 valence electrons. The molecule has 26 heavy (non-hydrogen) atoms. The third-order valence-corrected chi connectivity index (χ3v) is 4.39. The second-order valence-electron chi connectivity index (χ2n) is 6.02. The number of nitriles is 1. The van der Waals surface area contributed by atoms with Gasteiger partial charge in [0.2, 0.25) is 5.91 Å². The summed E-state index contributed by atoms with van der Waals surface area (Å²) < 4.78 is 13.2. The Morgan fingerprint density at radius 3 is 2.69 bits per heavy atom. The molecule has 0 saturated carbocycles. The molecule has 1 aliphatic heterocycles. The minimum absolute atomic E-state index is 0.0993. The number of hydrogen-bond acceptors (Lipinski definition) is 3. The summed E-state index contributed by atoms with van der Waals surface area (Å²) in [6.07, 6.45) is 1.49. The Morgan fingerprint density at radius 1 is 1.27 bits per heavy atom. The number of halogens is 1. The van der Waals surface area contributed by atoms with Crippen LogP contribution >= 0.6 is 0 Å². The third-order valence-electron chi connectivity index (χ3n) is 4.39. The summed E-state index contributed by atoms with van der Waals surface area (Å²) in [4.78, 5) is 24.6. The molecule has 0 saturated heterocycles. The molecule has 6 heteroatoms. The molecule has 1 unspecified atom stereocenters. The van der Waals surface area contributed by atoms with E-state index in [1.54, 1.807) is 37.3 Å². The molecular formula is C20H16FN3O2. The van der Waals surface area contributed by atoms with Crippen LogP contribution in [0.25, 0.3) is 0 Å². The van der Waals surface area contributed by atoms with E-state index < -0.39 is 5.92 Å². The molecule has 2 amide bonds. The van der Waals surface area contributed by atoms with Crippen LogP contribution in [0.4, 0.5) is 10.1 Å². The van der Waals surface area contributed by atoms with Gasteiger partial charge in [0.05, 0.1) is 11.6 Å². The average molecular weight is 349 g/mol. The molecule has 0 radical (unpaired) electrons. The Morgan fingerprint density at radius 2 is 2.00 bits per heavy atom. The van der Waals surface area contributed by atoms with E-state index in [9.17, 15) is 14.0 Å². The summed E-state index contributed by atoms with van der Waals surface area (Å²) >= 11 is 0. The Kier molecular flexibility index (Phi) is 4.81. The Bertz CT molecular complexity index is 943. The van der Waals surface area contributed by atoms with Crippen molar-refractivity contribution in [2.24, 2.45) is 0 Å². The molecule has 1 aliphatic rings. The van der Waals surface area contributed by atoms with Crippen molar-refractivity contribution in [3.63, 3.8) is 0 Å². The second kappa shape index (κ2) is 7.19. The summed E-state index contributed by atoms with van der Waals surface area (Å²) in [7, 11) is 0. The molecule has 0 spiro atoms. The number of rotatable bonds is 3. The first-order chi connectivity index (χ1) is 12.5. The van der Waals surface area contributed by atoms with Gasteiger partial charge >= 0.3 is 0 Å². The zero-order valence-corrected chi connectivity index (χ0v) is 14.0. The van der Waals surface area contributed by atoms with Crippen LogP contribution in [-0.4, -0.2) is 11.8 Å². The number of benzene rings is 2. The van der Waals surface area contributed by atoms with Crippen LogP contribution < -0.4 is 10.6 Å². The molecule has 0 aromatic heterocycles. The predicted octanol–water partition coefficient (Wildman–Crippen LogP) is 3.13. The maximum absolute atomic E-state index is 13.2. The lowest BCUT2D eigenvalue weighted by Crippen LogP contribution is -2.32. The predicted molar refractivity (Wildman–Crippen MR) is 94.5 cm³/mol. The topological polar surface area (TPSA) is 82.0 Å². The largest absolute Gasteiger partial charge is 0.332 e. The van der Waals surface area contributed by atoms with Crippen molar-refractivity contribution >= 4 is 17.5 Å². The van der Waals surface area contributed by atoms with Crippen molar-refractivity contribution in [3.8, 4) is 6.07 Å². The monoisotopic (exact) mass is 349 g/mol. The normalized spacial score (nSPS) is 16.3. The van der Waals surface area contributed by atoms with E-state index in [1.807, 2.05) is 0 Å². The molecule has 1 heterocycles. The van der Waals surface area contributed by atoms with Gasteiger partial charge < -0.3 is 10.6 Å². The summed E-state index contributed by atoms with van der Waals surface area (Å²) in [5, 5.41) is 14.5. The van der Waals surface area contributed by atoms with Gasteiger partial charge in [-0.25, -0.2) is 4.39 Å². The van der Waals surface area contributed by atoms with Gasteiger partial charge in [0.25, 0.3) is 5.91 Å². The average Bonchev–Trinajstić information content (AvgIpc) is 2.64. The quantitative estimate of drug-likeness (QED) is 0.893. The highest BCUT2D eigenvalue weighted by molar-refractivity contribution is 6.06. The lowest BCUT2D eigenvalue weighted by atomic mass is 9.86. The van der Waals surface area contributed by atoms with Crippen LogP contribution in [0.15, 0.2) is 54.2 Å². The summed E-state index contributed by atoms with van der Waals surface area (Å²) in [5.74, 6) is -1.44. The second-order valence-corrected chi connectivity index (χ2v) is 6.02. The van der Waals surface area contributed by atoms with Gasteiger partial charge in [0.15, 0.2) is 0 Å². The highest BCUT2D eigenvalue weighted by Crippen LogP contribution is 2.31. The van der Waals surface area contributed by atoms with Gasteiger partial charge in [-0.3, -0.25) is 9.59 Å². The van der Waals surface area contributed by atoms with Gasteiger partial charge in [-0.05, 0) is 42.3 Å². The highest BCUT2D eigenvalue weighted by atomic mass is 19.1. The van der Waals surface area contributed by atoms with Crippen LogP contribution in [-0.2, 0) is 9.59 Å². The standard InChI is InChI=1S/C20H16FN3O2/c1-12-14(10-22)3-2-4-18(12)24-20(26)17-11-23-19(25)9-16(17)13-5-7-15(21)8-6-13/h2-8,11,16H,9H2,1H3,(H,23,25)(H,24,26). The minimum atomic E-state index is -0.469. The van der Waals surface area contributed by atoms with Crippen LogP contribution in [0.2, 0.25) is 0 Å². The molecule has 2 aromatic carbocycles. The first kappa shape index (κ1) is 17.4. The SMILES string of the molecule is Cc1c(C#N)cccc1NC(=O)C1=CNC(=O)CC1c1ccc(F)cc1. The van der Waals surface area contributed by atoms with Gasteiger partial charge in [-0.1, -0.05) is 18.2 Å². The fourth-order valence-corrected chi connectivity index (χ4v) is 2.92. The number of hydrogen-bond donors (Lipinski definition) is 2. The van der Waals surface area contributed by atoms with E-state index >= 15 is 0 Å². The zero-order chi connectivity index (χ0) is 18.7. The van der Waals surface area contributed by atoms with Gasteiger partial charge in [0, 0.05) is 29.8 Å². The summed E-state index contributed by atoms with van der Waals surface area (Å²) in [6, 6.07) is 12.9. The number of anilines is 1. The summed E-state index contributed by atoms with van der Waals surface area (Å²) in [5.41, 5.74) is 2.73.